The average molecular weight is 537 g/mol. The fourth-order valence-electron chi connectivity index (χ4n) is 4.59. The lowest BCUT2D eigenvalue weighted by Gasteiger charge is -2.26. The van der Waals surface area contributed by atoms with E-state index in [-0.39, 0.29) is 28.9 Å². The van der Waals surface area contributed by atoms with Gasteiger partial charge < -0.3 is 23.7 Å². The second kappa shape index (κ2) is 10.5. The van der Waals surface area contributed by atoms with Crippen LogP contribution in [0.15, 0.2) is 39.9 Å². The first-order chi connectivity index (χ1) is 18.3. The van der Waals surface area contributed by atoms with Gasteiger partial charge in [-0.3, -0.25) is 15.0 Å². The second-order valence-electron chi connectivity index (χ2n) is 8.88. The Morgan fingerprint density at radius 2 is 1.95 bits per heavy atom. The molecule has 0 bridgehead atoms. The summed E-state index contributed by atoms with van der Waals surface area (Å²) in [6, 6.07) is 7.53. The molecule has 5 rings (SSSR count). The van der Waals surface area contributed by atoms with Gasteiger partial charge in [-0.05, 0) is 55.4 Å². The number of fused-ring (bicyclic) bond motifs is 1. The van der Waals surface area contributed by atoms with Crippen LogP contribution in [-0.4, -0.2) is 82.9 Å². The Bertz CT molecular complexity index is 1420. The molecule has 1 aromatic heterocycles. The Hall–Kier alpha value is -3.90. The molecule has 0 saturated carbocycles. The fourth-order valence-corrected chi connectivity index (χ4v) is 5.46. The van der Waals surface area contributed by atoms with Crippen LogP contribution < -0.4 is 9.47 Å². The number of carbonyl (C=O) groups excluding carboxylic acids is 2. The van der Waals surface area contributed by atoms with Crippen LogP contribution in [0.5, 0.6) is 11.5 Å². The summed E-state index contributed by atoms with van der Waals surface area (Å²) in [6.45, 7) is 6.02. The number of hydrogen-bond acceptors (Lipinski definition) is 8. The van der Waals surface area contributed by atoms with Gasteiger partial charge in [-0.2, -0.15) is 15.1 Å². The number of aryl methyl sites for hydroxylation is 1. The number of morpholine rings is 1. The Morgan fingerprint density at radius 1 is 1.18 bits per heavy atom. The number of nitrogens with zero attached hydrogens (tertiary/aromatic N) is 5. The first-order valence-corrected chi connectivity index (χ1v) is 12.9. The highest BCUT2D eigenvalue weighted by molar-refractivity contribution is 8.27. The number of amides is 2. The molecule has 1 N–H and O–H groups in total. The van der Waals surface area contributed by atoms with E-state index in [2.05, 4.69) is 10.1 Å². The van der Waals surface area contributed by atoms with Crippen LogP contribution in [0.2, 0.25) is 0 Å². The van der Waals surface area contributed by atoms with Crippen LogP contribution in [0.25, 0.3) is 11.8 Å². The third kappa shape index (κ3) is 4.72. The maximum absolute atomic E-state index is 13.0. The van der Waals surface area contributed by atoms with Gasteiger partial charge in [0.15, 0.2) is 5.84 Å². The van der Waals surface area contributed by atoms with Crippen molar-refractivity contribution in [3.63, 3.8) is 0 Å². The predicted molar refractivity (Wildman–Crippen MR) is 145 cm³/mol. The van der Waals surface area contributed by atoms with Crippen LogP contribution in [0.4, 0.5) is 0 Å². The molecule has 1 fully saturated rings. The van der Waals surface area contributed by atoms with Crippen LogP contribution in [0.3, 0.4) is 0 Å². The number of aliphatic imine (C=N–C) groups is 1. The van der Waals surface area contributed by atoms with E-state index in [0.717, 1.165) is 34.4 Å². The van der Waals surface area contributed by atoms with E-state index in [9.17, 15) is 9.59 Å². The molecule has 0 radical (unpaired) electrons. The summed E-state index contributed by atoms with van der Waals surface area (Å²) in [4.78, 5) is 31.5. The predicted octanol–water partition coefficient (Wildman–Crippen LogP) is 2.98. The Morgan fingerprint density at radius 3 is 2.66 bits per heavy atom. The summed E-state index contributed by atoms with van der Waals surface area (Å²) >= 11 is 1.15. The zero-order chi connectivity index (χ0) is 27.0. The monoisotopic (exact) mass is 536 g/mol. The lowest BCUT2D eigenvalue weighted by atomic mass is 10.1. The molecule has 0 spiro atoms. The average Bonchev–Trinajstić information content (AvgIpc) is 3.45. The summed E-state index contributed by atoms with van der Waals surface area (Å²) in [5.74, 6) is 0.670. The first kappa shape index (κ1) is 25.7. The SMILES string of the molecule is COc1ccc(-n2c(C)cc(C=C3C(=N)N4N=C(CC(=O)N5CCOCC5)SC4=NC3=O)c2C)c(OC)c1. The van der Waals surface area contributed by atoms with Crippen molar-refractivity contribution >= 4 is 45.7 Å². The second-order valence-corrected chi connectivity index (χ2v) is 9.92. The van der Waals surface area contributed by atoms with Gasteiger partial charge in [-0.1, -0.05) is 0 Å². The van der Waals surface area contributed by atoms with E-state index in [1.54, 1.807) is 25.2 Å². The van der Waals surface area contributed by atoms with Gasteiger partial charge in [0.05, 0.1) is 45.1 Å². The zero-order valence-electron chi connectivity index (χ0n) is 21.6. The molecule has 38 heavy (non-hydrogen) atoms. The molecule has 11 nitrogen and oxygen atoms in total. The Balaban J connectivity index is 1.41. The topological polar surface area (TPSA) is 122 Å². The molecule has 1 saturated heterocycles. The summed E-state index contributed by atoms with van der Waals surface area (Å²) in [6.07, 6.45) is 1.75. The van der Waals surface area contributed by atoms with E-state index in [4.69, 9.17) is 19.6 Å². The number of nitrogens with one attached hydrogen (secondary N) is 1. The van der Waals surface area contributed by atoms with E-state index >= 15 is 0 Å². The molecule has 3 aliphatic heterocycles. The third-order valence-corrected chi connectivity index (χ3v) is 7.47. The minimum Gasteiger partial charge on any atom is -0.497 e. The van der Waals surface area contributed by atoms with Crippen LogP contribution in [0, 0.1) is 19.3 Å². The molecule has 198 valence electrons. The van der Waals surface area contributed by atoms with Gasteiger partial charge in [-0.25, -0.2) is 0 Å². The van der Waals surface area contributed by atoms with Crippen molar-refractivity contribution in [1.82, 2.24) is 14.5 Å². The molecule has 2 aromatic rings. The van der Waals surface area contributed by atoms with Gasteiger partial charge >= 0.3 is 0 Å². The fraction of sp³-hybridized carbons (Fsp3) is 0.346. The lowest BCUT2D eigenvalue weighted by molar-refractivity contribution is -0.133. The van der Waals surface area contributed by atoms with Crippen molar-refractivity contribution in [3.05, 3.63) is 46.8 Å². The molecule has 4 heterocycles. The third-order valence-electron chi connectivity index (χ3n) is 6.56. The number of methoxy groups -OCH3 is 2. The summed E-state index contributed by atoms with van der Waals surface area (Å²) < 4.78 is 18.2. The number of rotatable bonds is 6. The summed E-state index contributed by atoms with van der Waals surface area (Å²) in [7, 11) is 3.20. The number of thioether (sulfide) groups is 1. The maximum atomic E-state index is 13.0. The molecule has 3 aliphatic rings. The van der Waals surface area contributed by atoms with Crippen molar-refractivity contribution < 1.29 is 23.8 Å². The van der Waals surface area contributed by atoms with Crippen LogP contribution in [0.1, 0.15) is 23.4 Å². The number of hydrazone groups is 1. The van der Waals surface area contributed by atoms with Gasteiger partial charge in [0.2, 0.25) is 11.1 Å². The maximum Gasteiger partial charge on any atom is 0.283 e. The molecule has 1 aromatic carbocycles. The van der Waals surface area contributed by atoms with Gasteiger partial charge in [0, 0.05) is 30.5 Å². The molecule has 0 unspecified atom stereocenters. The smallest absolute Gasteiger partial charge is 0.283 e. The van der Waals surface area contributed by atoms with Crippen LogP contribution >= 0.6 is 11.8 Å². The highest BCUT2D eigenvalue weighted by Gasteiger charge is 2.36. The van der Waals surface area contributed by atoms with Crippen molar-refractivity contribution in [2.24, 2.45) is 10.1 Å². The number of benzene rings is 1. The molecule has 0 atom stereocenters. The summed E-state index contributed by atoms with van der Waals surface area (Å²) in [5.41, 5.74) is 3.51. The largest absolute Gasteiger partial charge is 0.497 e. The van der Waals surface area contributed by atoms with E-state index in [0.29, 0.717) is 42.8 Å². The minimum atomic E-state index is -0.517. The molecular formula is C26H28N6O5S. The van der Waals surface area contributed by atoms with Crippen LogP contribution in [-0.2, 0) is 14.3 Å². The minimum absolute atomic E-state index is 0.0602. The van der Waals surface area contributed by atoms with E-state index in [1.807, 2.05) is 42.7 Å². The molecule has 12 heteroatoms. The Labute approximate surface area is 224 Å². The number of amidine groups is 2. The van der Waals surface area contributed by atoms with Gasteiger partial charge in [0.1, 0.15) is 16.5 Å². The summed E-state index contributed by atoms with van der Waals surface area (Å²) in [5, 5.41) is 15.3. The van der Waals surface area contributed by atoms with Gasteiger partial charge in [0.25, 0.3) is 5.91 Å². The Kier molecular flexibility index (Phi) is 7.09. The van der Waals surface area contributed by atoms with Gasteiger partial charge in [-0.15, -0.1) is 0 Å². The zero-order valence-corrected chi connectivity index (χ0v) is 22.4. The highest BCUT2D eigenvalue weighted by atomic mass is 32.2. The highest BCUT2D eigenvalue weighted by Crippen LogP contribution is 2.34. The first-order valence-electron chi connectivity index (χ1n) is 12.1. The lowest BCUT2D eigenvalue weighted by Crippen LogP contribution is -2.41. The number of hydrogen-bond donors (Lipinski definition) is 1. The number of aromatic nitrogens is 1. The van der Waals surface area contributed by atoms with Crippen molar-refractivity contribution in [3.8, 4) is 17.2 Å². The molecule has 0 aliphatic carbocycles. The standard InChI is InChI=1S/C26H28N6O5S/c1-15-11-17(16(2)31(15)20-6-5-18(35-3)13-21(20)36-4)12-19-24(27)32-26(28-25(19)34)38-22(29-32)14-23(33)30-7-9-37-10-8-30/h5-6,11-13,27H,7-10,14H2,1-4H3. The van der Waals surface area contributed by atoms with Crippen molar-refractivity contribution in [2.75, 3.05) is 40.5 Å². The number of ether oxygens (including phenoxy) is 3. The quantitative estimate of drug-likeness (QED) is 0.564. The molecular weight excluding hydrogens is 508 g/mol. The van der Waals surface area contributed by atoms with E-state index in [1.165, 1.54) is 5.01 Å². The van der Waals surface area contributed by atoms with E-state index < -0.39 is 5.91 Å². The van der Waals surface area contributed by atoms with Crippen molar-refractivity contribution in [1.29, 1.82) is 5.41 Å². The van der Waals surface area contributed by atoms with Crippen molar-refractivity contribution in [2.45, 2.75) is 20.3 Å². The number of carbonyl (C=O) groups is 2. The molecule has 2 amide bonds. The normalized spacial score (nSPS) is 18.5.